The number of hydrogen-bond acceptors (Lipinski definition) is 2. The van der Waals surface area contributed by atoms with E-state index >= 15 is 0 Å². The van der Waals surface area contributed by atoms with E-state index < -0.39 is 0 Å². The van der Waals surface area contributed by atoms with Crippen LogP contribution in [0, 0.1) is 0 Å². The van der Waals surface area contributed by atoms with Gasteiger partial charge in [-0.3, -0.25) is 4.90 Å². The number of unbranched alkanes of at least 4 members (excludes halogenated alkanes) is 1. The number of para-hydroxylation sites is 1. The van der Waals surface area contributed by atoms with Crippen LogP contribution in [0.4, 0.5) is 0 Å². The van der Waals surface area contributed by atoms with Gasteiger partial charge in [0.2, 0.25) is 0 Å². The summed E-state index contributed by atoms with van der Waals surface area (Å²) in [5.74, 6) is 0.960. The lowest BCUT2D eigenvalue weighted by Crippen LogP contribution is -2.31. The molecule has 0 aliphatic rings. The summed E-state index contributed by atoms with van der Waals surface area (Å²) in [5.41, 5.74) is 0. The zero-order chi connectivity index (χ0) is 12.3. The molecule has 3 heteroatoms. The Balaban J connectivity index is 2.22. The maximum atomic E-state index is 5.71. The van der Waals surface area contributed by atoms with E-state index in [-0.39, 0.29) is 0 Å². The molecule has 0 heterocycles. The predicted octanol–water partition coefficient (Wildman–Crippen LogP) is 3.56. The zero-order valence-electron chi connectivity index (χ0n) is 10.6. The Morgan fingerprint density at radius 1 is 1.12 bits per heavy atom. The van der Waals surface area contributed by atoms with Gasteiger partial charge in [0, 0.05) is 18.4 Å². The first-order chi connectivity index (χ1) is 8.36. The molecule has 0 bridgehead atoms. The second-order valence-corrected chi connectivity index (χ2v) is 4.84. The molecule has 1 rings (SSSR count). The van der Waals surface area contributed by atoms with Gasteiger partial charge in [-0.1, -0.05) is 47.5 Å². The normalized spacial score (nSPS) is 10.8. The summed E-state index contributed by atoms with van der Waals surface area (Å²) >= 11 is 3.50. The average molecular weight is 300 g/mol. The summed E-state index contributed by atoms with van der Waals surface area (Å²) in [4.78, 5) is 2.45. The summed E-state index contributed by atoms with van der Waals surface area (Å²) in [5, 5.41) is 1.03. The van der Waals surface area contributed by atoms with Gasteiger partial charge in [0.15, 0.2) is 0 Å². The monoisotopic (exact) mass is 299 g/mol. The van der Waals surface area contributed by atoms with E-state index in [0.717, 1.165) is 30.8 Å². The molecular weight excluding hydrogens is 278 g/mol. The molecule has 1 aromatic carbocycles. The van der Waals surface area contributed by atoms with E-state index in [0.29, 0.717) is 0 Å². The minimum Gasteiger partial charge on any atom is -0.492 e. The molecule has 0 spiro atoms. The minimum atomic E-state index is 0.765. The van der Waals surface area contributed by atoms with Crippen molar-refractivity contribution < 1.29 is 4.74 Å². The lowest BCUT2D eigenvalue weighted by Gasteiger charge is -2.21. The van der Waals surface area contributed by atoms with Crippen LogP contribution in [-0.2, 0) is 0 Å². The van der Waals surface area contributed by atoms with Crippen molar-refractivity contribution in [1.82, 2.24) is 4.90 Å². The average Bonchev–Trinajstić information content (AvgIpc) is 2.37. The van der Waals surface area contributed by atoms with Crippen molar-refractivity contribution in [3.63, 3.8) is 0 Å². The van der Waals surface area contributed by atoms with E-state index in [2.05, 4.69) is 27.8 Å². The van der Waals surface area contributed by atoms with Gasteiger partial charge in [0.05, 0.1) is 0 Å². The number of halogens is 1. The summed E-state index contributed by atoms with van der Waals surface area (Å²) in [6.45, 7) is 6.26. The smallest absolute Gasteiger partial charge is 0.119 e. The van der Waals surface area contributed by atoms with E-state index in [1.165, 1.54) is 19.4 Å². The standard InChI is InChI=1S/C14H22BrNO/c1-2-3-10-16(11-9-15)12-13-17-14-7-5-4-6-8-14/h4-8H,2-3,9-13H2,1H3. The molecule has 0 amide bonds. The minimum absolute atomic E-state index is 0.765. The van der Waals surface area contributed by atoms with E-state index in [4.69, 9.17) is 4.74 Å². The fourth-order valence-electron chi connectivity index (χ4n) is 1.65. The van der Waals surface area contributed by atoms with Crippen LogP contribution in [0.15, 0.2) is 30.3 Å². The zero-order valence-corrected chi connectivity index (χ0v) is 12.2. The molecular formula is C14H22BrNO. The maximum Gasteiger partial charge on any atom is 0.119 e. The first kappa shape index (κ1) is 14.5. The molecule has 0 radical (unpaired) electrons. The highest BCUT2D eigenvalue weighted by Gasteiger charge is 2.03. The van der Waals surface area contributed by atoms with E-state index in [9.17, 15) is 0 Å². The molecule has 0 saturated carbocycles. The van der Waals surface area contributed by atoms with Crippen molar-refractivity contribution in [2.24, 2.45) is 0 Å². The molecule has 0 atom stereocenters. The highest BCUT2D eigenvalue weighted by molar-refractivity contribution is 9.09. The number of nitrogens with zero attached hydrogens (tertiary/aromatic N) is 1. The van der Waals surface area contributed by atoms with Crippen LogP contribution in [0.5, 0.6) is 5.75 Å². The molecule has 0 N–H and O–H groups in total. The van der Waals surface area contributed by atoms with Crippen molar-refractivity contribution in [1.29, 1.82) is 0 Å². The summed E-state index contributed by atoms with van der Waals surface area (Å²) < 4.78 is 5.71. The van der Waals surface area contributed by atoms with Gasteiger partial charge in [-0.05, 0) is 25.1 Å². The van der Waals surface area contributed by atoms with Crippen LogP contribution in [0.1, 0.15) is 19.8 Å². The van der Waals surface area contributed by atoms with Crippen molar-refractivity contribution in [3.05, 3.63) is 30.3 Å². The van der Waals surface area contributed by atoms with Gasteiger partial charge in [-0.15, -0.1) is 0 Å². The maximum absolute atomic E-state index is 5.71. The molecule has 0 unspecified atom stereocenters. The lowest BCUT2D eigenvalue weighted by molar-refractivity contribution is 0.215. The summed E-state index contributed by atoms with van der Waals surface area (Å²) in [6.07, 6.45) is 2.51. The van der Waals surface area contributed by atoms with Crippen molar-refractivity contribution >= 4 is 15.9 Å². The third-order valence-corrected chi connectivity index (χ3v) is 3.00. The Morgan fingerprint density at radius 2 is 1.88 bits per heavy atom. The summed E-state index contributed by atoms with van der Waals surface area (Å²) in [7, 11) is 0. The third-order valence-electron chi connectivity index (χ3n) is 2.65. The SMILES string of the molecule is CCCCN(CCBr)CCOc1ccccc1. The number of hydrogen-bond donors (Lipinski definition) is 0. The molecule has 1 aromatic rings. The molecule has 0 saturated heterocycles. The Morgan fingerprint density at radius 3 is 2.53 bits per heavy atom. The first-order valence-corrected chi connectivity index (χ1v) is 7.45. The Labute approximate surface area is 113 Å². The molecule has 0 fully saturated rings. The quantitative estimate of drug-likeness (QED) is 0.647. The van der Waals surface area contributed by atoms with Gasteiger partial charge in [0.25, 0.3) is 0 Å². The van der Waals surface area contributed by atoms with Crippen LogP contribution in [0.25, 0.3) is 0 Å². The number of ether oxygens (including phenoxy) is 1. The van der Waals surface area contributed by atoms with Gasteiger partial charge in [0.1, 0.15) is 12.4 Å². The van der Waals surface area contributed by atoms with Gasteiger partial charge >= 0.3 is 0 Å². The van der Waals surface area contributed by atoms with Gasteiger partial charge in [-0.25, -0.2) is 0 Å². The second-order valence-electron chi connectivity index (χ2n) is 4.05. The largest absolute Gasteiger partial charge is 0.492 e. The predicted molar refractivity (Wildman–Crippen MR) is 77.1 cm³/mol. The van der Waals surface area contributed by atoms with Crippen LogP contribution in [0.3, 0.4) is 0 Å². The molecule has 17 heavy (non-hydrogen) atoms. The Bertz CT molecular complexity index is 279. The van der Waals surface area contributed by atoms with Crippen LogP contribution in [-0.4, -0.2) is 36.5 Å². The van der Waals surface area contributed by atoms with Gasteiger partial charge < -0.3 is 4.74 Å². The number of rotatable bonds is 9. The number of alkyl halides is 1. The third kappa shape index (κ3) is 6.69. The topological polar surface area (TPSA) is 12.5 Å². The summed E-state index contributed by atoms with van der Waals surface area (Å²) in [6, 6.07) is 10.0. The van der Waals surface area contributed by atoms with E-state index in [1.54, 1.807) is 0 Å². The fraction of sp³-hybridized carbons (Fsp3) is 0.571. The molecule has 0 aliphatic heterocycles. The first-order valence-electron chi connectivity index (χ1n) is 6.33. The highest BCUT2D eigenvalue weighted by atomic mass is 79.9. The van der Waals surface area contributed by atoms with Crippen LogP contribution < -0.4 is 4.74 Å². The Hall–Kier alpha value is -0.540. The fourth-order valence-corrected chi connectivity index (χ4v) is 2.15. The molecule has 96 valence electrons. The van der Waals surface area contributed by atoms with Crippen molar-refractivity contribution in [2.45, 2.75) is 19.8 Å². The lowest BCUT2D eigenvalue weighted by atomic mass is 10.3. The second kappa shape index (κ2) is 9.49. The molecule has 0 aromatic heterocycles. The highest BCUT2D eigenvalue weighted by Crippen LogP contribution is 2.08. The molecule has 2 nitrogen and oxygen atoms in total. The van der Waals surface area contributed by atoms with Crippen LogP contribution >= 0.6 is 15.9 Å². The van der Waals surface area contributed by atoms with Crippen LogP contribution in [0.2, 0.25) is 0 Å². The van der Waals surface area contributed by atoms with E-state index in [1.807, 2.05) is 30.3 Å². The van der Waals surface area contributed by atoms with Crippen molar-refractivity contribution in [2.75, 3.05) is 31.6 Å². The van der Waals surface area contributed by atoms with Crippen molar-refractivity contribution in [3.8, 4) is 5.75 Å². The van der Waals surface area contributed by atoms with Gasteiger partial charge in [-0.2, -0.15) is 0 Å². The molecule has 0 aliphatic carbocycles. The Kier molecular flexibility index (Phi) is 8.10. The number of benzene rings is 1.